The molecular formula is C27H35N3O3. The molecule has 2 aliphatic carbocycles. The molecule has 2 aromatic rings. The second-order valence-corrected chi connectivity index (χ2v) is 10.8. The summed E-state index contributed by atoms with van der Waals surface area (Å²) in [6.07, 6.45) is 12.9. The average Bonchev–Trinajstić information content (AvgIpc) is 3.08. The summed E-state index contributed by atoms with van der Waals surface area (Å²) in [6.45, 7) is 1.99. The lowest BCUT2D eigenvalue weighted by atomic mass is 9.69. The van der Waals surface area contributed by atoms with Crippen LogP contribution in [-0.2, 0) is 4.74 Å². The van der Waals surface area contributed by atoms with Gasteiger partial charge in [0, 0.05) is 24.2 Å². The fraction of sp³-hybridized carbons (Fsp3) is 0.667. The van der Waals surface area contributed by atoms with Gasteiger partial charge in [0.15, 0.2) is 0 Å². The fourth-order valence-corrected chi connectivity index (χ4v) is 7.78. The molecule has 4 bridgehead atoms. The van der Waals surface area contributed by atoms with Crippen LogP contribution in [0.3, 0.4) is 0 Å². The monoisotopic (exact) mass is 449 g/mol. The Morgan fingerprint density at radius 2 is 1.64 bits per heavy atom. The molecule has 6 heteroatoms. The Balaban J connectivity index is 1.32. The first-order valence-electron chi connectivity index (χ1n) is 13.1. The van der Waals surface area contributed by atoms with Crippen molar-refractivity contribution in [1.29, 1.82) is 0 Å². The molecule has 0 amide bonds. The van der Waals surface area contributed by atoms with Crippen molar-refractivity contribution in [2.45, 2.75) is 95.3 Å². The van der Waals surface area contributed by atoms with Crippen LogP contribution < -0.4 is 5.56 Å². The lowest BCUT2D eigenvalue weighted by Crippen LogP contribution is -2.52. The molecule has 4 fully saturated rings. The Morgan fingerprint density at radius 1 is 0.939 bits per heavy atom. The number of nitrogens with zero attached hydrogens (tertiary/aromatic N) is 3. The zero-order valence-corrected chi connectivity index (χ0v) is 19.6. The van der Waals surface area contributed by atoms with Gasteiger partial charge in [0.2, 0.25) is 5.69 Å². The van der Waals surface area contributed by atoms with Crippen LogP contribution in [0.15, 0.2) is 29.1 Å². The largest absolute Gasteiger partial charge is 0.461 e. The Kier molecular flexibility index (Phi) is 5.52. The molecule has 0 N–H and O–H groups in total. The van der Waals surface area contributed by atoms with Crippen molar-refractivity contribution < 1.29 is 9.53 Å². The van der Waals surface area contributed by atoms with Crippen LogP contribution in [0.2, 0.25) is 0 Å². The number of benzene rings is 1. The number of fused-ring (bicyclic) bond motifs is 5. The average molecular weight is 450 g/mol. The number of rotatable bonds is 4. The smallest absolute Gasteiger partial charge is 0.362 e. The van der Waals surface area contributed by atoms with Gasteiger partial charge < -0.3 is 9.30 Å². The third-order valence-corrected chi connectivity index (χ3v) is 8.92. The molecular weight excluding hydrogens is 414 g/mol. The van der Waals surface area contributed by atoms with E-state index < -0.39 is 5.97 Å². The van der Waals surface area contributed by atoms with Gasteiger partial charge in [0.25, 0.3) is 5.56 Å². The van der Waals surface area contributed by atoms with Crippen LogP contribution in [0.1, 0.15) is 87.7 Å². The molecule has 1 aromatic carbocycles. The number of carbonyl (C=O) groups excluding carboxylic acids is 1. The molecule has 6 rings (SSSR count). The topological polar surface area (TPSA) is 64.4 Å². The highest BCUT2D eigenvalue weighted by atomic mass is 16.5. The third kappa shape index (κ3) is 3.71. The van der Waals surface area contributed by atoms with Crippen LogP contribution in [0.5, 0.6) is 0 Å². The summed E-state index contributed by atoms with van der Waals surface area (Å²) < 4.78 is 7.05. The quantitative estimate of drug-likeness (QED) is 0.633. The van der Waals surface area contributed by atoms with E-state index >= 15 is 0 Å². The number of piperidine rings is 1. The highest BCUT2D eigenvalue weighted by Gasteiger charge is 2.47. The summed E-state index contributed by atoms with van der Waals surface area (Å²) in [5, 5.41) is 0. The minimum Gasteiger partial charge on any atom is -0.461 e. The number of ether oxygens (including phenoxy) is 1. The van der Waals surface area contributed by atoms with E-state index in [-0.39, 0.29) is 23.9 Å². The molecule has 2 saturated heterocycles. The Hall–Kier alpha value is -2.21. The van der Waals surface area contributed by atoms with Gasteiger partial charge in [-0.3, -0.25) is 9.69 Å². The summed E-state index contributed by atoms with van der Waals surface area (Å²) in [4.78, 5) is 33.3. The maximum Gasteiger partial charge on any atom is 0.362 e. The van der Waals surface area contributed by atoms with Gasteiger partial charge in [-0.2, -0.15) is 0 Å². The SMILES string of the molecule is CCOC(=O)c1nc2ccccc2n(C2C[C@H]3CC[C@@H](C2)N3C2C[C@H]3CCC[C@@H](C2)C3)c1=O. The van der Waals surface area contributed by atoms with E-state index in [2.05, 4.69) is 9.88 Å². The second kappa shape index (κ2) is 8.53. The van der Waals surface area contributed by atoms with Crippen LogP contribution in [0.4, 0.5) is 0 Å². The van der Waals surface area contributed by atoms with Crippen LogP contribution in [-0.4, -0.2) is 45.2 Å². The number of esters is 1. The highest BCUT2D eigenvalue weighted by molar-refractivity contribution is 5.89. The minimum atomic E-state index is -0.615. The number of aromatic nitrogens is 2. The first kappa shape index (κ1) is 21.3. The van der Waals surface area contributed by atoms with Gasteiger partial charge in [0.1, 0.15) is 0 Å². The Morgan fingerprint density at radius 3 is 2.33 bits per heavy atom. The highest BCUT2D eigenvalue weighted by Crippen LogP contribution is 2.48. The second-order valence-electron chi connectivity index (χ2n) is 10.8. The molecule has 1 aromatic heterocycles. The summed E-state index contributed by atoms with van der Waals surface area (Å²) in [5.41, 5.74) is 1.15. The van der Waals surface area contributed by atoms with Crippen molar-refractivity contribution in [3.63, 3.8) is 0 Å². The van der Waals surface area contributed by atoms with E-state index in [1.165, 1.54) is 51.4 Å². The molecule has 0 spiro atoms. The minimum absolute atomic E-state index is 0.0783. The predicted molar refractivity (Wildman–Crippen MR) is 127 cm³/mol. The predicted octanol–water partition coefficient (Wildman–Crippen LogP) is 4.71. The van der Waals surface area contributed by atoms with E-state index in [1.807, 2.05) is 28.8 Å². The number of carbonyl (C=O) groups is 1. The first-order valence-corrected chi connectivity index (χ1v) is 13.1. The summed E-state index contributed by atoms with van der Waals surface area (Å²) in [6, 6.07) is 9.64. The normalized spacial score (nSPS) is 33.8. The molecule has 176 valence electrons. The number of para-hydroxylation sites is 2. The number of hydrogen-bond acceptors (Lipinski definition) is 5. The van der Waals surface area contributed by atoms with Crippen LogP contribution >= 0.6 is 0 Å². The summed E-state index contributed by atoms with van der Waals surface area (Å²) in [7, 11) is 0. The Bertz CT molecular complexity index is 1090. The van der Waals surface area contributed by atoms with E-state index in [4.69, 9.17) is 4.74 Å². The molecule has 6 nitrogen and oxygen atoms in total. The van der Waals surface area contributed by atoms with E-state index in [0.29, 0.717) is 17.6 Å². The lowest BCUT2D eigenvalue weighted by molar-refractivity contribution is 0.00784. The molecule has 2 saturated carbocycles. The standard InChI is InChI=1S/C27H35N3O3/c1-2-33-27(32)25-26(31)30(24-9-4-3-8-23(24)28-25)22-15-19-10-11-20(16-22)29(19)21-13-17-6-5-7-18(12-17)14-21/h3-4,8-9,17-22H,2,5-7,10-16H2,1H3/t17-,18+,19-,20+,21?,22?. The molecule has 2 unspecified atom stereocenters. The first-order chi connectivity index (χ1) is 16.1. The summed E-state index contributed by atoms with van der Waals surface area (Å²) >= 11 is 0. The molecule has 6 atom stereocenters. The van der Waals surface area contributed by atoms with Crippen molar-refractivity contribution >= 4 is 17.0 Å². The fourth-order valence-electron chi connectivity index (χ4n) is 7.78. The molecule has 2 aliphatic heterocycles. The lowest BCUT2D eigenvalue weighted by Gasteiger charge is -2.49. The van der Waals surface area contributed by atoms with Crippen LogP contribution in [0, 0.1) is 11.8 Å². The van der Waals surface area contributed by atoms with E-state index in [1.54, 1.807) is 6.92 Å². The van der Waals surface area contributed by atoms with Crippen molar-refractivity contribution in [3.8, 4) is 0 Å². The van der Waals surface area contributed by atoms with Crippen molar-refractivity contribution in [3.05, 3.63) is 40.3 Å². The van der Waals surface area contributed by atoms with Crippen molar-refractivity contribution in [1.82, 2.24) is 14.5 Å². The van der Waals surface area contributed by atoms with Gasteiger partial charge in [-0.05, 0) is 75.8 Å². The maximum absolute atomic E-state index is 13.5. The van der Waals surface area contributed by atoms with E-state index in [9.17, 15) is 9.59 Å². The van der Waals surface area contributed by atoms with Gasteiger partial charge in [-0.25, -0.2) is 9.78 Å². The summed E-state index contributed by atoms with van der Waals surface area (Å²) in [5.74, 6) is 1.24. The van der Waals surface area contributed by atoms with Crippen molar-refractivity contribution in [2.75, 3.05) is 6.61 Å². The van der Waals surface area contributed by atoms with Crippen LogP contribution in [0.25, 0.3) is 11.0 Å². The third-order valence-electron chi connectivity index (χ3n) is 8.92. The molecule has 0 radical (unpaired) electrons. The van der Waals surface area contributed by atoms with Gasteiger partial charge in [0.05, 0.1) is 17.6 Å². The van der Waals surface area contributed by atoms with Crippen molar-refractivity contribution in [2.24, 2.45) is 11.8 Å². The molecule has 33 heavy (non-hydrogen) atoms. The number of hydrogen-bond donors (Lipinski definition) is 0. The van der Waals surface area contributed by atoms with E-state index in [0.717, 1.165) is 36.2 Å². The Labute approximate surface area is 195 Å². The van der Waals surface area contributed by atoms with Gasteiger partial charge in [-0.1, -0.05) is 31.4 Å². The molecule has 4 aliphatic rings. The van der Waals surface area contributed by atoms with Gasteiger partial charge in [-0.15, -0.1) is 0 Å². The maximum atomic E-state index is 13.5. The zero-order valence-electron chi connectivity index (χ0n) is 19.6. The van der Waals surface area contributed by atoms with Gasteiger partial charge >= 0.3 is 5.97 Å². The zero-order chi connectivity index (χ0) is 22.5. The molecule has 3 heterocycles.